The van der Waals surface area contributed by atoms with Gasteiger partial charge in [0.25, 0.3) is 0 Å². The maximum Gasteiger partial charge on any atom is 0.205 e. The van der Waals surface area contributed by atoms with Gasteiger partial charge in [0.2, 0.25) is 5.95 Å². The fourth-order valence-electron chi connectivity index (χ4n) is 0.575. The number of halogens is 1. The molecule has 9 heavy (non-hydrogen) atoms. The van der Waals surface area contributed by atoms with Gasteiger partial charge in [-0.25, -0.2) is 4.98 Å². The van der Waals surface area contributed by atoms with Crippen molar-refractivity contribution in [3.05, 3.63) is 23.8 Å². The van der Waals surface area contributed by atoms with Crippen molar-refractivity contribution in [3.8, 4) is 0 Å². The van der Waals surface area contributed by atoms with Crippen LogP contribution in [0.2, 0.25) is 0 Å². The quantitative estimate of drug-likeness (QED) is 0.355. The number of hydrogen-bond donors (Lipinski definition) is 0. The Morgan fingerprint density at radius 3 is 2.78 bits per heavy atom. The molecule has 1 heterocycles. The molecule has 3 heteroatoms. The zero-order valence-corrected chi connectivity index (χ0v) is 5.06. The van der Waals surface area contributed by atoms with Crippen LogP contribution in [0.15, 0.2) is 12.3 Å². The lowest BCUT2D eigenvalue weighted by atomic mass is 9.97. The summed E-state index contributed by atoms with van der Waals surface area (Å²) in [5, 5.41) is 0. The molecule has 0 aromatic carbocycles. The van der Waals surface area contributed by atoms with E-state index in [0.29, 0.717) is 0 Å². The summed E-state index contributed by atoms with van der Waals surface area (Å²) in [6.07, 6.45) is 1.44. The van der Waals surface area contributed by atoms with Crippen molar-refractivity contribution in [2.45, 2.75) is 6.92 Å². The monoisotopic (exact) mass is 121 g/mol. The maximum atomic E-state index is 12.3. The van der Waals surface area contributed by atoms with Crippen LogP contribution in [0, 0.1) is 12.9 Å². The molecule has 0 bridgehead atoms. The highest BCUT2D eigenvalue weighted by atomic mass is 19.1. The summed E-state index contributed by atoms with van der Waals surface area (Å²) in [5.74, 6) is -0.597. The third kappa shape index (κ3) is 1.28. The van der Waals surface area contributed by atoms with Gasteiger partial charge in [-0.2, -0.15) is 4.39 Å². The van der Waals surface area contributed by atoms with Crippen molar-refractivity contribution >= 4 is 13.3 Å². The number of rotatable bonds is 0. The van der Waals surface area contributed by atoms with Gasteiger partial charge in [0.15, 0.2) is 0 Å². The molecule has 1 rings (SSSR count). The minimum atomic E-state index is -0.597. The van der Waals surface area contributed by atoms with Crippen LogP contribution < -0.4 is 5.46 Å². The smallest absolute Gasteiger partial charge is 0.205 e. The fraction of sp³-hybridized carbons (Fsp3) is 0.167. The Balaban J connectivity index is 3.17. The van der Waals surface area contributed by atoms with E-state index in [4.69, 9.17) is 7.85 Å². The molecular weight excluding hydrogens is 116 g/mol. The third-order valence-electron chi connectivity index (χ3n) is 1.00. The molecule has 1 aromatic heterocycles. The highest BCUT2D eigenvalue weighted by molar-refractivity contribution is 6.32. The zero-order chi connectivity index (χ0) is 6.85. The molecule has 44 valence electrons. The summed E-state index contributed by atoms with van der Waals surface area (Å²) in [6.45, 7) is 1.81. The molecule has 0 aliphatic rings. The van der Waals surface area contributed by atoms with Crippen LogP contribution in [0.1, 0.15) is 5.56 Å². The van der Waals surface area contributed by atoms with E-state index in [1.54, 1.807) is 6.07 Å². The van der Waals surface area contributed by atoms with E-state index in [2.05, 4.69) is 4.98 Å². The molecule has 0 unspecified atom stereocenters. The Kier molecular flexibility index (Phi) is 1.51. The van der Waals surface area contributed by atoms with Crippen LogP contribution in [0.25, 0.3) is 0 Å². The minimum Gasteiger partial charge on any atom is -0.229 e. The molecule has 0 saturated heterocycles. The molecule has 0 amide bonds. The first kappa shape index (κ1) is 6.27. The van der Waals surface area contributed by atoms with Crippen molar-refractivity contribution < 1.29 is 4.39 Å². The predicted molar refractivity (Wildman–Crippen MR) is 34.3 cm³/mol. The summed E-state index contributed by atoms with van der Waals surface area (Å²) in [5.41, 5.74) is 0.976. The Bertz CT molecular complexity index is 224. The minimum absolute atomic E-state index is 0.106. The van der Waals surface area contributed by atoms with Crippen LogP contribution in [0.4, 0.5) is 4.39 Å². The van der Waals surface area contributed by atoms with E-state index in [9.17, 15) is 4.39 Å². The lowest BCUT2D eigenvalue weighted by molar-refractivity contribution is 0.592. The van der Waals surface area contributed by atoms with Crippen molar-refractivity contribution in [3.63, 3.8) is 0 Å². The van der Waals surface area contributed by atoms with Gasteiger partial charge in [-0.15, -0.1) is 0 Å². The number of aromatic nitrogens is 1. The van der Waals surface area contributed by atoms with Gasteiger partial charge >= 0.3 is 0 Å². The van der Waals surface area contributed by atoms with Crippen LogP contribution in [-0.4, -0.2) is 12.8 Å². The van der Waals surface area contributed by atoms with Gasteiger partial charge in [0, 0.05) is 6.20 Å². The van der Waals surface area contributed by atoms with Gasteiger partial charge < -0.3 is 0 Å². The fourth-order valence-corrected chi connectivity index (χ4v) is 0.575. The Hall–Kier alpha value is -0.855. The largest absolute Gasteiger partial charge is 0.229 e. The summed E-state index contributed by atoms with van der Waals surface area (Å²) in [4.78, 5) is 3.39. The zero-order valence-electron chi connectivity index (χ0n) is 5.06. The average molecular weight is 121 g/mol. The van der Waals surface area contributed by atoms with Gasteiger partial charge in [-0.3, -0.25) is 0 Å². The lowest BCUT2D eigenvalue weighted by Crippen LogP contribution is -2.10. The van der Waals surface area contributed by atoms with Gasteiger partial charge in [-0.1, -0.05) is 6.07 Å². The number of pyridine rings is 1. The topological polar surface area (TPSA) is 12.9 Å². The van der Waals surface area contributed by atoms with Crippen molar-refractivity contribution in [2.24, 2.45) is 0 Å². The SMILES string of the molecule is [B]c1cc(C)cnc1F. The van der Waals surface area contributed by atoms with Crippen LogP contribution in [-0.2, 0) is 0 Å². The van der Waals surface area contributed by atoms with Crippen LogP contribution in [0.5, 0.6) is 0 Å². The van der Waals surface area contributed by atoms with Crippen molar-refractivity contribution in [1.29, 1.82) is 0 Å². The average Bonchev–Trinajstić information content (AvgIpc) is 1.80. The third-order valence-corrected chi connectivity index (χ3v) is 1.00. The molecule has 2 radical (unpaired) electrons. The van der Waals surface area contributed by atoms with Gasteiger partial charge in [0.1, 0.15) is 7.85 Å². The van der Waals surface area contributed by atoms with E-state index in [-0.39, 0.29) is 5.46 Å². The van der Waals surface area contributed by atoms with E-state index in [0.717, 1.165) is 5.56 Å². The first-order valence-electron chi connectivity index (χ1n) is 2.58. The Morgan fingerprint density at radius 2 is 2.33 bits per heavy atom. The molecular formula is C6H5BFN. The first-order valence-corrected chi connectivity index (χ1v) is 2.58. The van der Waals surface area contributed by atoms with E-state index < -0.39 is 5.95 Å². The molecule has 0 atom stereocenters. The van der Waals surface area contributed by atoms with Crippen molar-refractivity contribution in [2.75, 3.05) is 0 Å². The van der Waals surface area contributed by atoms with E-state index >= 15 is 0 Å². The summed E-state index contributed by atoms with van der Waals surface area (Å²) < 4.78 is 12.3. The maximum absolute atomic E-state index is 12.3. The molecule has 0 fully saturated rings. The van der Waals surface area contributed by atoms with Gasteiger partial charge in [0.05, 0.1) is 0 Å². The summed E-state index contributed by atoms with van der Waals surface area (Å²) >= 11 is 0. The summed E-state index contributed by atoms with van der Waals surface area (Å²) in [6, 6.07) is 1.54. The first-order chi connectivity index (χ1) is 4.20. The molecule has 0 aliphatic heterocycles. The second-order valence-corrected chi connectivity index (χ2v) is 1.89. The number of hydrogen-bond acceptors (Lipinski definition) is 1. The van der Waals surface area contributed by atoms with Crippen LogP contribution >= 0.6 is 0 Å². The highest BCUT2D eigenvalue weighted by Crippen LogP contribution is 1.91. The van der Waals surface area contributed by atoms with Crippen molar-refractivity contribution in [1.82, 2.24) is 4.98 Å². The molecule has 0 aliphatic carbocycles. The Labute approximate surface area is 54.3 Å². The molecule has 0 saturated carbocycles. The molecule has 0 spiro atoms. The second kappa shape index (κ2) is 2.17. The predicted octanol–water partition coefficient (Wildman–Crippen LogP) is 0.323. The van der Waals surface area contributed by atoms with Gasteiger partial charge in [-0.05, 0) is 17.9 Å². The molecule has 1 nitrogen and oxygen atoms in total. The Morgan fingerprint density at radius 1 is 1.67 bits per heavy atom. The van der Waals surface area contributed by atoms with E-state index in [1.807, 2.05) is 6.92 Å². The standard InChI is InChI=1S/C6H5BFN/c1-4-2-5(7)6(8)9-3-4/h2-3H,1H3. The molecule has 0 N–H and O–H groups in total. The second-order valence-electron chi connectivity index (χ2n) is 1.89. The lowest BCUT2D eigenvalue weighted by Gasteiger charge is -1.94. The number of nitrogens with zero attached hydrogens (tertiary/aromatic N) is 1. The molecule has 1 aromatic rings. The summed E-state index contributed by atoms with van der Waals surface area (Å²) in [7, 11) is 5.18. The highest BCUT2D eigenvalue weighted by Gasteiger charge is 1.94. The normalized spacial score (nSPS) is 9.56. The van der Waals surface area contributed by atoms with Crippen LogP contribution in [0.3, 0.4) is 0 Å². The van der Waals surface area contributed by atoms with E-state index in [1.165, 1.54) is 6.20 Å². The number of aryl methyl sites for hydroxylation is 1.